The first-order valence-corrected chi connectivity index (χ1v) is 8.98. The van der Waals surface area contributed by atoms with Crippen molar-refractivity contribution >= 4 is 5.97 Å². The molecular weight excluding hydrogens is 337 g/mol. The van der Waals surface area contributed by atoms with Crippen LogP contribution in [0, 0.1) is 24.1 Å². The van der Waals surface area contributed by atoms with E-state index in [4.69, 9.17) is 4.52 Å². The standard InChI is InChI=1S/C19H22FN3O3/c1-11-8-13(5-6-15(11)20)16-21-17(26-22-16)12(2)23-9-14-4-3-7-19(14,10-23)18(24)25/h5-6,8,12,14H,3-4,7,9-10H2,1-2H3,(H,24,25)/t12?,14-,19+/m0/s1. The van der Waals surface area contributed by atoms with Crippen molar-refractivity contribution in [1.82, 2.24) is 15.0 Å². The van der Waals surface area contributed by atoms with Gasteiger partial charge in [0, 0.05) is 18.7 Å². The third-order valence-electron chi connectivity index (χ3n) is 6.09. The molecule has 0 spiro atoms. The molecule has 2 aliphatic rings. The molecule has 26 heavy (non-hydrogen) atoms. The lowest BCUT2D eigenvalue weighted by atomic mass is 9.81. The Morgan fingerprint density at radius 1 is 1.50 bits per heavy atom. The Hall–Kier alpha value is -2.28. The van der Waals surface area contributed by atoms with Gasteiger partial charge >= 0.3 is 5.97 Å². The van der Waals surface area contributed by atoms with E-state index in [1.54, 1.807) is 19.1 Å². The quantitative estimate of drug-likeness (QED) is 0.901. The number of hydrogen-bond donors (Lipinski definition) is 1. The number of carboxylic acid groups (broad SMARTS) is 1. The smallest absolute Gasteiger partial charge is 0.311 e. The minimum absolute atomic E-state index is 0.153. The predicted octanol–water partition coefficient (Wildman–Crippen LogP) is 3.43. The number of fused-ring (bicyclic) bond motifs is 1. The van der Waals surface area contributed by atoms with Gasteiger partial charge in [0.1, 0.15) is 5.82 Å². The van der Waals surface area contributed by atoms with Gasteiger partial charge in [-0.1, -0.05) is 11.6 Å². The Morgan fingerprint density at radius 2 is 2.31 bits per heavy atom. The fraction of sp³-hybridized carbons (Fsp3) is 0.526. The number of aliphatic carboxylic acids is 1. The van der Waals surface area contributed by atoms with Crippen LogP contribution in [0.5, 0.6) is 0 Å². The number of likely N-dealkylation sites (tertiary alicyclic amines) is 1. The summed E-state index contributed by atoms with van der Waals surface area (Å²) < 4.78 is 18.9. The zero-order chi connectivity index (χ0) is 18.5. The number of rotatable bonds is 4. The van der Waals surface area contributed by atoms with Crippen LogP contribution in [0.4, 0.5) is 4.39 Å². The van der Waals surface area contributed by atoms with Crippen molar-refractivity contribution in [2.75, 3.05) is 13.1 Å². The maximum atomic E-state index is 13.4. The summed E-state index contributed by atoms with van der Waals surface area (Å²) in [7, 11) is 0. The molecule has 138 valence electrons. The molecule has 0 bridgehead atoms. The van der Waals surface area contributed by atoms with Crippen LogP contribution in [0.1, 0.15) is 43.7 Å². The Morgan fingerprint density at radius 3 is 3.00 bits per heavy atom. The van der Waals surface area contributed by atoms with E-state index in [9.17, 15) is 14.3 Å². The number of aromatic nitrogens is 2. The second kappa shape index (κ2) is 6.16. The van der Waals surface area contributed by atoms with Gasteiger partial charge in [-0.2, -0.15) is 4.98 Å². The molecule has 1 aliphatic heterocycles. The summed E-state index contributed by atoms with van der Waals surface area (Å²) in [6.07, 6.45) is 2.67. The molecule has 1 saturated heterocycles. The van der Waals surface area contributed by atoms with E-state index in [2.05, 4.69) is 15.0 Å². The number of benzene rings is 1. The third kappa shape index (κ3) is 2.61. The lowest BCUT2D eigenvalue weighted by molar-refractivity contribution is -0.149. The number of aryl methyl sites for hydroxylation is 1. The minimum Gasteiger partial charge on any atom is -0.481 e. The third-order valence-corrected chi connectivity index (χ3v) is 6.09. The molecule has 1 N–H and O–H groups in total. The Labute approximate surface area is 151 Å². The molecule has 4 rings (SSSR count). The van der Waals surface area contributed by atoms with Crippen LogP contribution in [-0.2, 0) is 4.79 Å². The molecule has 1 aromatic carbocycles. The topological polar surface area (TPSA) is 79.5 Å². The van der Waals surface area contributed by atoms with Gasteiger partial charge in [-0.3, -0.25) is 9.69 Å². The fourth-order valence-electron chi connectivity index (χ4n) is 4.43. The van der Waals surface area contributed by atoms with Crippen LogP contribution in [0.15, 0.2) is 22.7 Å². The molecule has 3 atom stereocenters. The lowest BCUT2D eigenvalue weighted by Crippen LogP contribution is -2.36. The summed E-state index contributed by atoms with van der Waals surface area (Å²) in [5, 5.41) is 13.8. The maximum absolute atomic E-state index is 13.4. The number of nitrogens with zero attached hydrogens (tertiary/aromatic N) is 3. The molecule has 0 radical (unpaired) electrons. The van der Waals surface area contributed by atoms with E-state index in [-0.39, 0.29) is 17.8 Å². The van der Waals surface area contributed by atoms with Crippen molar-refractivity contribution in [1.29, 1.82) is 0 Å². The highest BCUT2D eigenvalue weighted by Crippen LogP contribution is 2.50. The first-order chi connectivity index (χ1) is 12.4. The second-order valence-electron chi connectivity index (χ2n) is 7.58. The molecule has 7 heteroatoms. The van der Waals surface area contributed by atoms with Gasteiger partial charge in [0.15, 0.2) is 0 Å². The average Bonchev–Trinajstić information content (AvgIpc) is 3.30. The summed E-state index contributed by atoms with van der Waals surface area (Å²) in [5.74, 6) is 0.102. The molecule has 1 saturated carbocycles. The molecule has 1 aliphatic carbocycles. The molecule has 6 nitrogen and oxygen atoms in total. The van der Waals surface area contributed by atoms with Crippen molar-refractivity contribution in [2.24, 2.45) is 11.3 Å². The Bertz CT molecular complexity index is 852. The van der Waals surface area contributed by atoms with Crippen LogP contribution in [0.25, 0.3) is 11.4 Å². The van der Waals surface area contributed by atoms with Crippen LogP contribution in [0.2, 0.25) is 0 Å². The zero-order valence-electron chi connectivity index (χ0n) is 14.9. The summed E-state index contributed by atoms with van der Waals surface area (Å²) in [6, 6.07) is 4.55. The monoisotopic (exact) mass is 359 g/mol. The highest BCUT2D eigenvalue weighted by atomic mass is 19.1. The minimum atomic E-state index is -0.692. The molecular formula is C19H22FN3O3. The van der Waals surface area contributed by atoms with Gasteiger partial charge in [0.2, 0.25) is 11.7 Å². The lowest BCUT2D eigenvalue weighted by Gasteiger charge is -2.25. The molecule has 0 amide bonds. The molecule has 2 fully saturated rings. The average molecular weight is 359 g/mol. The molecule has 2 heterocycles. The zero-order valence-corrected chi connectivity index (χ0v) is 14.9. The van der Waals surface area contributed by atoms with Crippen molar-refractivity contribution in [3.8, 4) is 11.4 Å². The summed E-state index contributed by atoms with van der Waals surface area (Å²) in [5.41, 5.74) is 0.592. The molecule has 1 aromatic heterocycles. The van der Waals surface area contributed by atoms with E-state index < -0.39 is 11.4 Å². The van der Waals surface area contributed by atoms with Crippen molar-refractivity contribution < 1.29 is 18.8 Å². The van der Waals surface area contributed by atoms with E-state index in [0.29, 0.717) is 29.4 Å². The number of halogens is 1. The van der Waals surface area contributed by atoms with Crippen molar-refractivity contribution in [3.05, 3.63) is 35.5 Å². The number of carboxylic acids is 1. The summed E-state index contributed by atoms with van der Waals surface area (Å²) in [4.78, 5) is 18.4. The second-order valence-corrected chi connectivity index (χ2v) is 7.58. The Kier molecular flexibility index (Phi) is 4.06. The van der Waals surface area contributed by atoms with E-state index in [1.807, 2.05) is 6.92 Å². The maximum Gasteiger partial charge on any atom is 0.311 e. The van der Waals surface area contributed by atoms with Gasteiger partial charge in [-0.25, -0.2) is 4.39 Å². The van der Waals surface area contributed by atoms with Gasteiger partial charge < -0.3 is 9.63 Å². The van der Waals surface area contributed by atoms with Crippen LogP contribution in [-0.4, -0.2) is 39.2 Å². The number of hydrogen-bond acceptors (Lipinski definition) is 5. The predicted molar refractivity (Wildman–Crippen MR) is 91.8 cm³/mol. The van der Waals surface area contributed by atoms with E-state index >= 15 is 0 Å². The van der Waals surface area contributed by atoms with Crippen LogP contribution < -0.4 is 0 Å². The number of carbonyl (C=O) groups is 1. The van der Waals surface area contributed by atoms with Crippen LogP contribution >= 0.6 is 0 Å². The highest BCUT2D eigenvalue weighted by Gasteiger charge is 2.55. The van der Waals surface area contributed by atoms with Crippen molar-refractivity contribution in [3.63, 3.8) is 0 Å². The van der Waals surface area contributed by atoms with Crippen molar-refractivity contribution in [2.45, 2.75) is 39.2 Å². The van der Waals surface area contributed by atoms with Gasteiger partial charge in [0.05, 0.1) is 11.5 Å². The van der Waals surface area contributed by atoms with E-state index in [1.165, 1.54) is 6.07 Å². The van der Waals surface area contributed by atoms with Gasteiger partial charge in [0.25, 0.3) is 0 Å². The normalized spacial score (nSPS) is 26.8. The fourth-order valence-corrected chi connectivity index (χ4v) is 4.43. The first kappa shape index (κ1) is 17.1. The molecule has 1 unspecified atom stereocenters. The SMILES string of the molecule is Cc1cc(-c2noc(C(C)N3C[C@@H]4CCC[C@@]4(C(=O)O)C3)n2)ccc1F. The summed E-state index contributed by atoms with van der Waals surface area (Å²) in [6.45, 7) is 4.91. The summed E-state index contributed by atoms with van der Waals surface area (Å²) >= 11 is 0. The van der Waals surface area contributed by atoms with Gasteiger partial charge in [-0.15, -0.1) is 0 Å². The Balaban J connectivity index is 1.55. The van der Waals surface area contributed by atoms with Gasteiger partial charge in [-0.05, 0) is 56.4 Å². The largest absolute Gasteiger partial charge is 0.481 e. The highest BCUT2D eigenvalue weighted by molar-refractivity contribution is 5.76. The molecule has 2 aromatic rings. The van der Waals surface area contributed by atoms with Crippen LogP contribution in [0.3, 0.4) is 0 Å². The van der Waals surface area contributed by atoms with E-state index in [0.717, 1.165) is 25.8 Å². The first-order valence-electron chi connectivity index (χ1n) is 8.98.